The van der Waals surface area contributed by atoms with Gasteiger partial charge in [0.05, 0.1) is 17.5 Å². The predicted octanol–water partition coefficient (Wildman–Crippen LogP) is 2.04. The van der Waals surface area contributed by atoms with E-state index in [9.17, 15) is 13.2 Å². The summed E-state index contributed by atoms with van der Waals surface area (Å²) in [6.45, 7) is 2.98. The van der Waals surface area contributed by atoms with E-state index in [-0.39, 0.29) is 16.8 Å². The molecular weight excluding hydrogens is 314 g/mol. The fourth-order valence-corrected chi connectivity index (χ4v) is 3.63. The predicted molar refractivity (Wildman–Crippen MR) is 80.2 cm³/mol. The lowest BCUT2D eigenvalue weighted by Gasteiger charge is -2.23. The van der Waals surface area contributed by atoms with Gasteiger partial charge in [-0.3, -0.25) is 4.79 Å². The first kappa shape index (κ1) is 16.3. The van der Waals surface area contributed by atoms with Crippen LogP contribution in [0.3, 0.4) is 0 Å². The smallest absolute Gasteiger partial charge is 0.261 e. The maximum Gasteiger partial charge on any atom is 0.261 e. The van der Waals surface area contributed by atoms with Crippen LogP contribution in [-0.4, -0.2) is 45.5 Å². The van der Waals surface area contributed by atoms with Crippen molar-refractivity contribution in [1.29, 1.82) is 0 Å². The first-order valence-corrected chi connectivity index (χ1v) is 9.08. The van der Waals surface area contributed by atoms with Crippen molar-refractivity contribution in [2.24, 2.45) is 0 Å². The van der Waals surface area contributed by atoms with Gasteiger partial charge in [-0.25, -0.2) is 8.42 Å². The van der Waals surface area contributed by atoms with Gasteiger partial charge in [-0.1, -0.05) is 13.0 Å². The Labute approximate surface area is 129 Å². The van der Waals surface area contributed by atoms with Gasteiger partial charge in [0.2, 0.25) is 0 Å². The molecule has 0 aromatic heterocycles. The van der Waals surface area contributed by atoms with Crippen LogP contribution in [0.4, 0.5) is 0 Å². The third-order valence-corrected chi connectivity index (χ3v) is 5.14. The number of amides is 1. The number of hydrogen-bond acceptors (Lipinski definition) is 4. The molecule has 21 heavy (non-hydrogen) atoms. The number of rotatable bonds is 4. The van der Waals surface area contributed by atoms with E-state index in [2.05, 4.69) is 0 Å². The summed E-state index contributed by atoms with van der Waals surface area (Å²) >= 11 is 0. The largest absolute Gasteiger partial charge is 0.379 e. The highest BCUT2D eigenvalue weighted by molar-refractivity contribution is 8.13. The van der Waals surface area contributed by atoms with E-state index in [0.29, 0.717) is 30.8 Å². The number of halogens is 1. The minimum absolute atomic E-state index is 0.00795. The van der Waals surface area contributed by atoms with E-state index in [1.165, 1.54) is 6.07 Å². The molecule has 0 spiro atoms. The van der Waals surface area contributed by atoms with Crippen molar-refractivity contribution >= 4 is 25.6 Å². The molecule has 1 aromatic carbocycles. The van der Waals surface area contributed by atoms with Crippen LogP contribution in [0.25, 0.3) is 0 Å². The van der Waals surface area contributed by atoms with Crippen molar-refractivity contribution in [2.75, 3.05) is 20.3 Å². The van der Waals surface area contributed by atoms with Gasteiger partial charge in [-0.2, -0.15) is 0 Å². The number of benzene rings is 1. The van der Waals surface area contributed by atoms with E-state index in [0.717, 1.165) is 6.42 Å². The summed E-state index contributed by atoms with van der Waals surface area (Å²) in [5.74, 6) is -0.227. The number of nitrogens with zero attached hydrogens (tertiary/aromatic N) is 1. The molecule has 1 amide bonds. The van der Waals surface area contributed by atoms with Crippen molar-refractivity contribution in [3.8, 4) is 0 Å². The molecule has 0 bridgehead atoms. The minimum Gasteiger partial charge on any atom is -0.379 e. The van der Waals surface area contributed by atoms with Crippen LogP contribution in [0.1, 0.15) is 29.3 Å². The van der Waals surface area contributed by atoms with Crippen LogP contribution >= 0.6 is 10.7 Å². The molecule has 1 aliphatic heterocycles. The summed E-state index contributed by atoms with van der Waals surface area (Å²) < 4.78 is 28.5. The highest BCUT2D eigenvalue weighted by atomic mass is 35.7. The Bertz CT molecular complexity index is 638. The summed E-state index contributed by atoms with van der Waals surface area (Å²) in [6, 6.07) is 4.66. The van der Waals surface area contributed by atoms with Gasteiger partial charge in [0.1, 0.15) is 0 Å². The summed E-state index contributed by atoms with van der Waals surface area (Å²) in [5, 5.41) is 0. The summed E-state index contributed by atoms with van der Waals surface area (Å²) in [7, 11) is 3.28. The van der Waals surface area contributed by atoms with Crippen molar-refractivity contribution in [1.82, 2.24) is 4.90 Å². The molecule has 0 radical (unpaired) electrons. The molecule has 1 atom stereocenters. The molecule has 1 heterocycles. The van der Waals surface area contributed by atoms with Gasteiger partial charge in [0.25, 0.3) is 15.0 Å². The zero-order valence-corrected chi connectivity index (χ0v) is 13.6. The highest BCUT2D eigenvalue weighted by Gasteiger charge is 2.26. The van der Waals surface area contributed by atoms with E-state index in [1.54, 1.807) is 24.1 Å². The molecule has 116 valence electrons. The van der Waals surface area contributed by atoms with E-state index in [4.69, 9.17) is 15.4 Å². The third-order valence-electron chi connectivity index (χ3n) is 3.73. The van der Waals surface area contributed by atoms with Crippen LogP contribution in [0, 0.1) is 0 Å². The summed E-state index contributed by atoms with van der Waals surface area (Å²) in [4.78, 5) is 14.0. The molecule has 1 aromatic rings. The third kappa shape index (κ3) is 3.56. The molecule has 1 aliphatic rings. The van der Waals surface area contributed by atoms with E-state index in [1.807, 2.05) is 6.92 Å². The molecule has 2 rings (SSSR count). The zero-order valence-electron chi connectivity index (χ0n) is 12.0. The molecule has 0 saturated carbocycles. The number of ether oxygens (including phenoxy) is 1. The van der Waals surface area contributed by atoms with Crippen LogP contribution in [0.5, 0.6) is 0 Å². The van der Waals surface area contributed by atoms with E-state index >= 15 is 0 Å². The number of hydrogen-bond donors (Lipinski definition) is 0. The number of likely N-dealkylation sites (N-methyl/N-ethyl adjacent to an activating group) is 1. The zero-order chi connectivity index (χ0) is 15.6. The standard InChI is InChI=1S/C14H18ClNO4S/c1-3-10-4-5-11(8-13(10)21(15,18)19)14(17)16(2)12-6-7-20-9-12/h4-5,8,12H,3,6-7,9H2,1-2H3. The van der Waals surface area contributed by atoms with Crippen molar-refractivity contribution in [3.05, 3.63) is 29.3 Å². The lowest BCUT2D eigenvalue weighted by Crippen LogP contribution is -2.37. The Morgan fingerprint density at radius 3 is 2.71 bits per heavy atom. The lowest BCUT2D eigenvalue weighted by atomic mass is 10.1. The molecule has 0 aliphatic carbocycles. The Morgan fingerprint density at radius 2 is 2.19 bits per heavy atom. The average molecular weight is 332 g/mol. The van der Waals surface area contributed by atoms with Gasteiger partial charge >= 0.3 is 0 Å². The van der Waals surface area contributed by atoms with E-state index < -0.39 is 9.05 Å². The normalized spacial score (nSPS) is 18.7. The van der Waals surface area contributed by atoms with Gasteiger partial charge < -0.3 is 9.64 Å². The Balaban J connectivity index is 2.33. The molecular formula is C14H18ClNO4S. The monoisotopic (exact) mass is 331 g/mol. The van der Waals surface area contributed by atoms with Crippen LogP contribution in [-0.2, 0) is 20.2 Å². The maximum absolute atomic E-state index is 12.4. The number of carbonyl (C=O) groups excluding carboxylic acids is 1. The molecule has 5 nitrogen and oxygen atoms in total. The first-order valence-electron chi connectivity index (χ1n) is 6.77. The van der Waals surface area contributed by atoms with Gasteiger partial charge in [-0.15, -0.1) is 0 Å². The second kappa shape index (κ2) is 6.34. The topological polar surface area (TPSA) is 63.7 Å². The molecule has 0 N–H and O–H groups in total. The number of carbonyl (C=O) groups is 1. The lowest BCUT2D eigenvalue weighted by molar-refractivity contribution is 0.0711. The minimum atomic E-state index is -3.87. The Morgan fingerprint density at radius 1 is 1.48 bits per heavy atom. The van der Waals surface area contributed by atoms with Gasteiger partial charge in [0, 0.05) is 29.9 Å². The Kier molecular flexibility index (Phi) is 4.91. The fraction of sp³-hybridized carbons (Fsp3) is 0.500. The SMILES string of the molecule is CCc1ccc(C(=O)N(C)C2CCOC2)cc1S(=O)(=O)Cl. The van der Waals surface area contributed by atoms with Crippen molar-refractivity contribution < 1.29 is 17.9 Å². The summed E-state index contributed by atoms with van der Waals surface area (Å²) in [5.41, 5.74) is 0.925. The summed E-state index contributed by atoms with van der Waals surface area (Å²) in [6.07, 6.45) is 1.32. The molecule has 1 unspecified atom stereocenters. The van der Waals surface area contributed by atoms with Crippen LogP contribution in [0.15, 0.2) is 23.1 Å². The van der Waals surface area contributed by atoms with Crippen LogP contribution < -0.4 is 0 Å². The highest BCUT2D eigenvalue weighted by Crippen LogP contribution is 2.23. The number of aryl methyl sites for hydroxylation is 1. The second-order valence-corrected chi connectivity index (χ2v) is 7.58. The molecule has 7 heteroatoms. The second-order valence-electron chi connectivity index (χ2n) is 5.05. The first-order chi connectivity index (χ1) is 9.84. The average Bonchev–Trinajstić information content (AvgIpc) is 2.98. The Hall–Kier alpha value is -1.11. The molecule has 1 saturated heterocycles. The van der Waals surface area contributed by atoms with Crippen molar-refractivity contribution in [2.45, 2.75) is 30.7 Å². The fourth-order valence-electron chi connectivity index (χ4n) is 2.40. The van der Waals surface area contributed by atoms with Crippen LogP contribution in [0.2, 0.25) is 0 Å². The van der Waals surface area contributed by atoms with Crippen molar-refractivity contribution in [3.63, 3.8) is 0 Å². The maximum atomic E-state index is 12.4. The van der Waals surface area contributed by atoms with Gasteiger partial charge in [-0.05, 0) is 30.5 Å². The quantitative estimate of drug-likeness (QED) is 0.792. The molecule has 1 fully saturated rings. The van der Waals surface area contributed by atoms with Gasteiger partial charge in [0.15, 0.2) is 0 Å².